The van der Waals surface area contributed by atoms with Crippen molar-refractivity contribution in [1.82, 2.24) is 0 Å². The Bertz CT molecular complexity index is 1380. The predicted molar refractivity (Wildman–Crippen MR) is 115 cm³/mol. The molecule has 0 fully saturated rings. The summed E-state index contributed by atoms with van der Waals surface area (Å²) in [7, 11) is 2.09. The maximum atomic E-state index is 6.19. The maximum absolute atomic E-state index is 6.19. The lowest BCUT2D eigenvalue weighted by atomic mass is 10.1. The second-order valence-electron chi connectivity index (χ2n) is 7.60. The van der Waals surface area contributed by atoms with Gasteiger partial charge in [-0.1, -0.05) is 30.3 Å². The molecule has 0 radical (unpaired) electrons. The van der Waals surface area contributed by atoms with Gasteiger partial charge in [0, 0.05) is 28.9 Å². The van der Waals surface area contributed by atoms with Gasteiger partial charge in [0.1, 0.15) is 28.6 Å². The zero-order valence-electron chi connectivity index (χ0n) is 16.1. The number of furan rings is 2. The SMILES string of the molecule is Cc1cc2oc3ccccc3c2cc1N1c2c(oc3ccccc23)N(C)[C@@H]1C. The van der Waals surface area contributed by atoms with Crippen molar-refractivity contribution in [2.24, 2.45) is 0 Å². The highest BCUT2D eigenvalue weighted by atomic mass is 16.4. The molecule has 0 spiro atoms. The summed E-state index contributed by atoms with van der Waals surface area (Å²) in [5, 5.41) is 3.44. The van der Waals surface area contributed by atoms with Gasteiger partial charge < -0.3 is 18.6 Å². The molecule has 4 nitrogen and oxygen atoms in total. The summed E-state index contributed by atoms with van der Waals surface area (Å²) < 4.78 is 12.3. The van der Waals surface area contributed by atoms with Crippen molar-refractivity contribution in [3.8, 4) is 0 Å². The molecule has 4 heteroatoms. The fraction of sp³-hybridized carbons (Fsp3) is 0.167. The summed E-state index contributed by atoms with van der Waals surface area (Å²) in [5.41, 5.74) is 6.29. The van der Waals surface area contributed by atoms with Crippen LogP contribution in [0.25, 0.3) is 32.9 Å². The molecule has 0 bridgehead atoms. The Morgan fingerprint density at radius 3 is 2.25 bits per heavy atom. The van der Waals surface area contributed by atoms with Gasteiger partial charge in [0.25, 0.3) is 0 Å². The van der Waals surface area contributed by atoms with E-state index in [4.69, 9.17) is 8.83 Å². The van der Waals surface area contributed by atoms with Crippen molar-refractivity contribution in [1.29, 1.82) is 0 Å². The van der Waals surface area contributed by atoms with E-state index in [1.165, 1.54) is 11.3 Å². The van der Waals surface area contributed by atoms with Crippen molar-refractivity contribution in [3.05, 3.63) is 66.2 Å². The van der Waals surface area contributed by atoms with E-state index in [1.807, 2.05) is 24.3 Å². The molecule has 0 saturated carbocycles. The number of benzene rings is 3. The molecule has 6 rings (SSSR count). The van der Waals surface area contributed by atoms with Gasteiger partial charge >= 0.3 is 0 Å². The minimum atomic E-state index is 0.160. The number of nitrogens with zero attached hydrogens (tertiary/aromatic N) is 2. The van der Waals surface area contributed by atoms with Gasteiger partial charge in [0.05, 0.1) is 0 Å². The number of para-hydroxylation sites is 2. The first-order valence-corrected chi connectivity index (χ1v) is 9.59. The highest BCUT2D eigenvalue weighted by Gasteiger charge is 2.37. The largest absolute Gasteiger partial charge is 0.456 e. The molecule has 2 aromatic heterocycles. The van der Waals surface area contributed by atoms with Crippen LogP contribution in [0.5, 0.6) is 0 Å². The van der Waals surface area contributed by atoms with Crippen molar-refractivity contribution in [2.45, 2.75) is 20.0 Å². The van der Waals surface area contributed by atoms with Gasteiger partial charge in [-0.3, -0.25) is 0 Å². The number of fused-ring (bicyclic) bond motifs is 6. The van der Waals surface area contributed by atoms with Crippen LogP contribution in [0.1, 0.15) is 12.5 Å². The average Bonchev–Trinajstić information content (AvgIpc) is 3.32. The molecule has 0 N–H and O–H groups in total. The van der Waals surface area contributed by atoms with E-state index in [1.54, 1.807) is 0 Å². The Morgan fingerprint density at radius 1 is 0.786 bits per heavy atom. The van der Waals surface area contributed by atoms with E-state index in [9.17, 15) is 0 Å². The summed E-state index contributed by atoms with van der Waals surface area (Å²) in [4.78, 5) is 4.59. The molecule has 1 aliphatic rings. The fourth-order valence-corrected chi connectivity index (χ4v) is 4.46. The van der Waals surface area contributed by atoms with Crippen molar-refractivity contribution in [2.75, 3.05) is 16.8 Å². The number of hydrogen-bond acceptors (Lipinski definition) is 4. The van der Waals surface area contributed by atoms with E-state index in [2.05, 4.69) is 67.1 Å². The maximum Gasteiger partial charge on any atom is 0.222 e. The quantitative estimate of drug-likeness (QED) is 0.335. The van der Waals surface area contributed by atoms with Crippen LogP contribution in [0.15, 0.2) is 69.5 Å². The number of hydrogen-bond donors (Lipinski definition) is 0. The summed E-state index contributed by atoms with van der Waals surface area (Å²) in [6, 6.07) is 20.9. The van der Waals surface area contributed by atoms with Crippen LogP contribution in [-0.2, 0) is 0 Å². The molecule has 3 heterocycles. The molecular formula is C24H20N2O2. The lowest BCUT2D eigenvalue weighted by Crippen LogP contribution is -2.36. The van der Waals surface area contributed by atoms with Gasteiger partial charge in [-0.25, -0.2) is 0 Å². The lowest BCUT2D eigenvalue weighted by Gasteiger charge is -2.29. The Hall–Kier alpha value is -3.40. The molecule has 1 atom stereocenters. The molecule has 0 unspecified atom stereocenters. The van der Waals surface area contributed by atoms with E-state index in [0.29, 0.717) is 0 Å². The first-order valence-electron chi connectivity index (χ1n) is 9.59. The molecule has 138 valence electrons. The van der Waals surface area contributed by atoms with Crippen molar-refractivity contribution >= 4 is 50.2 Å². The molecule has 0 saturated heterocycles. The van der Waals surface area contributed by atoms with E-state index in [0.717, 1.165) is 44.5 Å². The van der Waals surface area contributed by atoms with Gasteiger partial charge in [-0.2, -0.15) is 0 Å². The molecule has 1 aliphatic heterocycles. The zero-order valence-corrected chi connectivity index (χ0v) is 16.1. The Balaban J connectivity index is 1.65. The molecular weight excluding hydrogens is 348 g/mol. The van der Waals surface area contributed by atoms with Crippen LogP contribution in [0, 0.1) is 6.92 Å². The molecule has 5 aromatic rings. The second kappa shape index (κ2) is 5.32. The van der Waals surface area contributed by atoms with Gasteiger partial charge in [-0.15, -0.1) is 0 Å². The minimum absolute atomic E-state index is 0.160. The standard InChI is InChI=1S/C24H20N2O2/c1-14-12-22-18(16-8-4-6-10-20(16)27-22)13-19(14)26-15(2)25(3)24-23(26)17-9-5-7-11-21(17)28-24/h4-13,15H,1-3H3/t15-/m0/s1. The van der Waals surface area contributed by atoms with Crippen LogP contribution in [0.4, 0.5) is 17.3 Å². The number of anilines is 3. The predicted octanol–water partition coefficient (Wildman–Crippen LogP) is 6.57. The minimum Gasteiger partial charge on any atom is -0.456 e. The molecule has 28 heavy (non-hydrogen) atoms. The van der Waals surface area contributed by atoms with Crippen LogP contribution in [0.3, 0.4) is 0 Å². The van der Waals surface area contributed by atoms with Crippen molar-refractivity contribution in [3.63, 3.8) is 0 Å². The summed E-state index contributed by atoms with van der Waals surface area (Å²) in [6.07, 6.45) is 0.160. The van der Waals surface area contributed by atoms with Crippen LogP contribution >= 0.6 is 0 Å². The zero-order chi connectivity index (χ0) is 19.0. The third-order valence-electron chi connectivity index (χ3n) is 6.00. The average molecular weight is 368 g/mol. The summed E-state index contributed by atoms with van der Waals surface area (Å²) >= 11 is 0. The normalized spacial score (nSPS) is 16.6. The fourth-order valence-electron chi connectivity index (χ4n) is 4.46. The Labute approximate surface area is 162 Å². The number of aryl methyl sites for hydroxylation is 1. The molecule has 0 aliphatic carbocycles. The van der Waals surface area contributed by atoms with Crippen molar-refractivity contribution < 1.29 is 8.83 Å². The lowest BCUT2D eigenvalue weighted by molar-refractivity contribution is 0.589. The van der Waals surface area contributed by atoms with Crippen LogP contribution in [0.2, 0.25) is 0 Å². The number of rotatable bonds is 1. The van der Waals surface area contributed by atoms with Gasteiger partial charge in [-0.05, 0) is 49.7 Å². The van der Waals surface area contributed by atoms with Gasteiger partial charge in [0.15, 0.2) is 0 Å². The Morgan fingerprint density at radius 2 is 1.46 bits per heavy atom. The second-order valence-corrected chi connectivity index (χ2v) is 7.60. The highest BCUT2D eigenvalue weighted by Crippen LogP contribution is 2.50. The Kier molecular flexibility index (Phi) is 2.97. The summed E-state index contributed by atoms with van der Waals surface area (Å²) in [6.45, 7) is 4.36. The van der Waals surface area contributed by atoms with E-state index >= 15 is 0 Å². The molecule has 3 aromatic carbocycles. The summed E-state index contributed by atoms with van der Waals surface area (Å²) in [5.74, 6) is 0.922. The first-order chi connectivity index (χ1) is 13.6. The van der Waals surface area contributed by atoms with E-state index < -0.39 is 0 Å². The highest BCUT2D eigenvalue weighted by molar-refractivity contribution is 6.08. The van der Waals surface area contributed by atoms with Crippen LogP contribution in [-0.4, -0.2) is 13.2 Å². The first kappa shape index (κ1) is 15.6. The third kappa shape index (κ3) is 1.89. The monoisotopic (exact) mass is 368 g/mol. The smallest absolute Gasteiger partial charge is 0.222 e. The molecule has 0 amide bonds. The third-order valence-corrected chi connectivity index (χ3v) is 6.00. The van der Waals surface area contributed by atoms with Gasteiger partial charge in [0.2, 0.25) is 5.88 Å². The van der Waals surface area contributed by atoms with Crippen LogP contribution < -0.4 is 9.80 Å². The topological polar surface area (TPSA) is 32.8 Å². The van der Waals surface area contributed by atoms with E-state index in [-0.39, 0.29) is 6.17 Å².